The second-order valence-electron chi connectivity index (χ2n) is 4.54. The highest BCUT2D eigenvalue weighted by Gasteiger charge is 2.17. The third-order valence-corrected chi connectivity index (χ3v) is 2.97. The number of hydrogen-bond acceptors (Lipinski definition) is 3. The van der Waals surface area contributed by atoms with Crippen molar-refractivity contribution in [3.8, 4) is 5.75 Å². The van der Waals surface area contributed by atoms with E-state index in [-0.39, 0.29) is 11.7 Å². The molecule has 0 saturated carbocycles. The third-order valence-electron chi connectivity index (χ3n) is 2.97. The summed E-state index contributed by atoms with van der Waals surface area (Å²) >= 11 is 0. The van der Waals surface area contributed by atoms with Gasteiger partial charge in [-0.15, -0.1) is 0 Å². The Hall–Kier alpha value is -2.10. The fourth-order valence-corrected chi connectivity index (χ4v) is 2.06. The van der Waals surface area contributed by atoms with Crippen molar-refractivity contribution in [2.24, 2.45) is 0 Å². The minimum atomic E-state index is -1.02. The number of benzene rings is 1. The number of aromatic nitrogens is 1. The van der Waals surface area contributed by atoms with E-state index in [1.165, 1.54) is 6.20 Å². The molecular formula is C15H17NO3. The molecule has 4 heteroatoms. The molecular weight excluding hydrogens is 242 g/mol. The molecule has 1 heterocycles. The molecule has 2 aromatic rings. The third kappa shape index (κ3) is 2.84. The van der Waals surface area contributed by atoms with E-state index >= 15 is 0 Å². The zero-order valence-corrected chi connectivity index (χ0v) is 11.1. The van der Waals surface area contributed by atoms with E-state index in [1.54, 1.807) is 0 Å². The summed E-state index contributed by atoms with van der Waals surface area (Å²) in [7, 11) is 0. The van der Waals surface area contributed by atoms with E-state index in [0.29, 0.717) is 5.75 Å². The van der Waals surface area contributed by atoms with Gasteiger partial charge in [0.15, 0.2) is 0 Å². The van der Waals surface area contributed by atoms with E-state index in [2.05, 4.69) is 11.9 Å². The number of pyridine rings is 1. The summed E-state index contributed by atoms with van der Waals surface area (Å²) in [5, 5.41) is 9.99. The molecule has 2 rings (SSSR count). The van der Waals surface area contributed by atoms with Gasteiger partial charge in [0.25, 0.3) is 0 Å². The molecule has 0 radical (unpaired) electrons. The Morgan fingerprint density at radius 3 is 2.84 bits per heavy atom. The standard InChI is InChI=1S/C15H17NO3/c1-3-6-10(2)19-14-11-7-4-5-8-13(11)16-9-12(14)15(17)18/h4-5,7-10H,3,6H2,1-2H3,(H,17,18). The maximum absolute atomic E-state index is 11.3. The summed E-state index contributed by atoms with van der Waals surface area (Å²) in [4.78, 5) is 15.4. The first-order valence-corrected chi connectivity index (χ1v) is 6.41. The van der Waals surface area contributed by atoms with Crippen LogP contribution < -0.4 is 4.74 Å². The molecule has 0 saturated heterocycles. The summed E-state index contributed by atoms with van der Waals surface area (Å²) in [6.45, 7) is 4.02. The Balaban J connectivity index is 2.52. The lowest BCUT2D eigenvalue weighted by molar-refractivity contribution is 0.0689. The highest BCUT2D eigenvalue weighted by atomic mass is 16.5. The van der Waals surface area contributed by atoms with Crippen LogP contribution in [0.15, 0.2) is 30.5 Å². The number of hydrogen-bond donors (Lipinski definition) is 1. The minimum absolute atomic E-state index is 0.0195. The molecule has 1 aromatic heterocycles. The second-order valence-corrected chi connectivity index (χ2v) is 4.54. The topological polar surface area (TPSA) is 59.4 Å². The molecule has 1 atom stereocenters. The van der Waals surface area contributed by atoms with Crippen molar-refractivity contribution in [1.82, 2.24) is 4.98 Å². The van der Waals surface area contributed by atoms with Crippen LogP contribution in [0.2, 0.25) is 0 Å². The van der Waals surface area contributed by atoms with E-state index in [4.69, 9.17) is 4.74 Å². The zero-order chi connectivity index (χ0) is 13.8. The molecule has 100 valence electrons. The second kappa shape index (κ2) is 5.69. The average Bonchev–Trinajstić information content (AvgIpc) is 2.39. The van der Waals surface area contributed by atoms with Crippen LogP contribution in [-0.4, -0.2) is 22.2 Å². The van der Waals surface area contributed by atoms with Gasteiger partial charge in [-0.05, 0) is 25.5 Å². The number of para-hydroxylation sites is 1. The molecule has 1 N–H and O–H groups in total. The maximum atomic E-state index is 11.3. The van der Waals surface area contributed by atoms with Gasteiger partial charge in [0.2, 0.25) is 0 Å². The van der Waals surface area contributed by atoms with Gasteiger partial charge in [0.1, 0.15) is 11.3 Å². The number of aromatic carboxylic acids is 1. The minimum Gasteiger partial charge on any atom is -0.489 e. The molecule has 0 bridgehead atoms. The van der Waals surface area contributed by atoms with Gasteiger partial charge in [-0.2, -0.15) is 0 Å². The number of rotatable bonds is 5. The van der Waals surface area contributed by atoms with Crippen LogP contribution >= 0.6 is 0 Å². The van der Waals surface area contributed by atoms with Crippen LogP contribution in [0.5, 0.6) is 5.75 Å². The number of nitrogens with zero attached hydrogens (tertiary/aromatic N) is 1. The lowest BCUT2D eigenvalue weighted by atomic mass is 10.1. The van der Waals surface area contributed by atoms with Crippen LogP contribution in [0.4, 0.5) is 0 Å². The molecule has 19 heavy (non-hydrogen) atoms. The van der Waals surface area contributed by atoms with Crippen molar-refractivity contribution >= 4 is 16.9 Å². The van der Waals surface area contributed by atoms with Crippen molar-refractivity contribution in [3.05, 3.63) is 36.0 Å². The first-order valence-electron chi connectivity index (χ1n) is 6.41. The number of ether oxygens (including phenoxy) is 1. The van der Waals surface area contributed by atoms with Crippen molar-refractivity contribution in [1.29, 1.82) is 0 Å². The maximum Gasteiger partial charge on any atom is 0.341 e. The highest BCUT2D eigenvalue weighted by Crippen LogP contribution is 2.29. The lowest BCUT2D eigenvalue weighted by Gasteiger charge is -2.17. The van der Waals surface area contributed by atoms with E-state index in [1.807, 2.05) is 31.2 Å². The van der Waals surface area contributed by atoms with Crippen LogP contribution in [-0.2, 0) is 0 Å². The largest absolute Gasteiger partial charge is 0.489 e. The fourth-order valence-electron chi connectivity index (χ4n) is 2.06. The normalized spacial score (nSPS) is 12.3. The zero-order valence-electron chi connectivity index (χ0n) is 11.1. The summed E-state index contributed by atoms with van der Waals surface area (Å²) in [6.07, 6.45) is 3.22. The summed E-state index contributed by atoms with van der Waals surface area (Å²) in [5.74, 6) is -0.601. The predicted molar refractivity (Wildman–Crippen MR) is 73.7 cm³/mol. The van der Waals surface area contributed by atoms with Gasteiger partial charge in [-0.3, -0.25) is 4.98 Å². The molecule has 1 unspecified atom stereocenters. The van der Waals surface area contributed by atoms with E-state index in [0.717, 1.165) is 23.7 Å². The van der Waals surface area contributed by atoms with Gasteiger partial charge in [0.05, 0.1) is 11.6 Å². The first-order chi connectivity index (χ1) is 9.13. The molecule has 0 aliphatic rings. The smallest absolute Gasteiger partial charge is 0.341 e. The van der Waals surface area contributed by atoms with Crippen molar-refractivity contribution in [2.45, 2.75) is 32.8 Å². The van der Waals surface area contributed by atoms with Gasteiger partial charge in [-0.25, -0.2) is 4.79 Å². The predicted octanol–water partition coefficient (Wildman–Crippen LogP) is 3.50. The van der Waals surface area contributed by atoms with Crippen LogP contribution in [0.3, 0.4) is 0 Å². The van der Waals surface area contributed by atoms with Gasteiger partial charge in [-0.1, -0.05) is 25.5 Å². The molecule has 0 aliphatic heterocycles. The quantitative estimate of drug-likeness (QED) is 0.892. The van der Waals surface area contributed by atoms with Gasteiger partial charge < -0.3 is 9.84 Å². The Kier molecular flexibility index (Phi) is 4.00. The van der Waals surface area contributed by atoms with Crippen LogP contribution in [0.1, 0.15) is 37.0 Å². The van der Waals surface area contributed by atoms with E-state index in [9.17, 15) is 9.90 Å². The number of fused-ring (bicyclic) bond motifs is 1. The Labute approximate surface area is 112 Å². The molecule has 0 amide bonds. The highest BCUT2D eigenvalue weighted by molar-refractivity contribution is 5.98. The molecule has 0 fully saturated rings. The molecule has 0 aliphatic carbocycles. The van der Waals surface area contributed by atoms with Crippen molar-refractivity contribution < 1.29 is 14.6 Å². The van der Waals surface area contributed by atoms with Crippen molar-refractivity contribution in [3.63, 3.8) is 0 Å². The van der Waals surface area contributed by atoms with Crippen LogP contribution in [0.25, 0.3) is 10.9 Å². The summed E-state index contributed by atoms with van der Waals surface area (Å²) in [5.41, 5.74) is 0.854. The van der Waals surface area contributed by atoms with E-state index < -0.39 is 5.97 Å². The van der Waals surface area contributed by atoms with Crippen molar-refractivity contribution in [2.75, 3.05) is 0 Å². The summed E-state index contributed by atoms with van der Waals surface area (Å²) < 4.78 is 5.84. The molecule has 4 nitrogen and oxygen atoms in total. The Morgan fingerprint density at radius 1 is 1.42 bits per heavy atom. The summed E-state index contributed by atoms with van der Waals surface area (Å²) in [6, 6.07) is 7.41. The number of carbonyl (C=O) groups is 1. The first kappa shape index (κ1) is 13.3. The number of carboxylic acids is 1. The van der Waals surface area contributed by atoms with Crippen LogP contribution in [0, 0.1) is 0 Å². The number of carboxylic acid groups (broad SMARTS) is 1. The SMILES string of the molecule is CCCC(C)Oc1c(C(=O)O)cnc2ccccc12. The van der Waals surface area contributed by atoms with Gasteiger partial charge in [0, 0.05) is 11.6 Å². The Bertz CT molecular complexity index is 595. The monoisotopic (exact) mass is 259 g/mol. The average molecular weight is 259 g/mol. The Morgan fingerprint density at radius 2 is 2.16 bits per heavy atom. The fraction of sp³-hybridized carbons (Fsp3) is 0.333. The lowest BCUT2D eigenvalue weighted by Crippen LogP contribution is -2.14. The molecule has 1 aromatic carbocycles. The van der Waals surface area contributed by atoms with Gasteiger partial charge >= 0.3 is 5.97 Å². The molecule has 0 spiro atoms.